The van der Waals surface area contributed by atoms with Crippen LogP contribution in [0, 0.1) is 6.92 Å². The first-order valence-electron chi connectivity index (χ1n) is 12.5. The second-order valence-electron chi connectivity index (χ2n) is 9.18. The van der Waals surface area contributed by atoms with Crippen molar-refractivity contribution in [2.24, 2.45) is 0 Å². The molecule has 2 amide bonds. The minimum atomic E-state index is -0.480. The van der Waals surface area contributed by atoms with Gasteiger partial charge in [0.25, 0.3) is 0 Å². The Morgan fingerprint density at radius 2 is 1.85 bits per heavy atom. The molecule has 0 heterocycles. The molecule has 1 aliphatic rings. The Morgan fingerprint density at radius 3 is 2.53 bits per heavy atom. The molecule has 3 rings (SSSR count). The quantitative estimate of drug-likeness (QED) is 0.394. The van der Waals surface area contributed by atoms with Gasteiger partial charge >= 0.3 is 0 Å². The minimum absolute atomic E-state index is 0.0214. The molecule has 1 aliphatic carbocycles. The second-order valence-corrected chi connectivity index (χ2v) is 9.62. The van der Waals surface area contributed by atoms with Gasteiger partial charge < -0.3 is 15.0 Å². The highest BCUT2D eigenvalue weighted by molar-refractivity contribution is 6.30. The van der Waals surface area contributed by atoms with Crippen LogP contribution in [-0.2, 0) is 16.1 Å². The maximum absolute atomic E-state index is 13.4. The Bertz CT molecular complexity index is 926. The van der Waals surface area contributed by atoms with E-state index in [1.807, 2.05) is 44.2 Å². The molecule has 0 saturated heterocycles. The van der Waals surface area contributed by atoms with Crippen LogP contribution in [0.2, 0.25) is 5.02 Å². The van der Waals surface area contributed by atoms with Crippen molar-refractivity contribution in [3.05, 3.63) is 64.7 Å². The van der Waals surface area contributed by atoms with Crippen LogP contribution in [0.5, 0.6) is 5.75 Å². The number of amides is 2. The molecule has 0 aromatic heterocycles. The van der Waals surface area contributed by atoms with E-state index in [1.54, 1.807) is 17.0 Å². The van der Waals surface area contributed by atoms with Gasteiger partial charge in [-0.2, -0.15) is 0 Å². The van der Waals surface area contributed by atoms with E-state index in [-0.39, 0.29) is 17.9 Å². The Balaban J connectivity index is 1.64. The van der Waals surface area contributed by atoms with Crippen LogP contribution in [0.1, 0.15) is 69.4 Å². The third-order valence-corrected chi connectivity index (χ3v) is 6.64. The van der Waals surface area contributed by atoms with Gasteiger partial charge in [-0.1, -0.05) is 67.6 Å². The zero-order chi connectivity index (χ0) is 24.3. The van der Waals surface area contributed by atoms with Crippen LogP contribution in [0.25, 0.3) is 0 Å². The van der Waals surface area contributed by atoms with Crippen molar-refractivity contribution in [3.63, 3.8) is 0 Å². The smallest absolute Gasteiger partial charge is 0.243 e. The van der Waals surface area contributed by atoms with Gasteiger partial charge in [0.05, 0.1) is 6.61 Å². The molecule has 2 aromatic rings. The van der Waals surface area contributed by atoms with Gasteiger partial charge in [-0.15, -0.1) is 0 Å². The van der Waals surface area contributed by atoms with Crippen molar-refractivity contribution >= 4 is 23.4 Å². The highest BCUT2D eigenvalue weighted by atomic mass is 35.5. The topological polar surface area (TPSA) is 58.6 Å². The lowest BCUT2D eigenvalue weighted by Gasteiger charge is -2.33. The number of halogens is 1. The van der Waals surface area contributed by atoms with E-state index in [0.29, 0.717) is 37.4 Å². The fourth-order valence-electron chi connectivity index (χ4n) is 4.56. The van der Waals surface area contributed by atoms with E-state index in [1.165, 1.54) is 6.42 Å². The second kappa shape index (κ2) is 13.4. The van der Waals surface area contributed by atoms with E-state index >= 15 is 0 Å². The summed E-state index contributed by atoms with van der Waals surface area (Å²) in [6.07, 6.45) is 7.07. The first-order chi connectivity index (χ1) is 16.5. The zero-order valence-electron chi connectivity index (χ0n) is 20.4. The summed E-state index contributed by atoms with van der Waals surface area (Å²) in [5.74, 6) is 0.673. The Labute approximate surface area is 208 Å². The number of hydrogen-bond donors (Lipinski definition) is 1. The summed E-state index contributed by atoms with van der Waals surface area (Å²) in [6.45, 7) is 4.87. The lowest BCUT2D eigenvalue weighted by Crippen LogP contribution is -2.51. The van der Waals surface area contributed by atoms with Crippen LogP contribution in [0.4, 0.5) is 0 Å². The van der Waals surface area contributed by atoms with E-state index in [2.05, 4.69) is 11.4 Å². The van der Waals surface area contributed by atoms with Gasteiger partial charge in [-0.05, 0) is 62.4 Å². The standard InChI is InChI=1S/C28H37ClN2O3/c1-3-26(28(33)30-24-11-5-4-6-12-24)31(20-22-10-7-9-21(2)19-22)27(32)13-8-18-34-25-16-14-23(29)15-17-25/h7,9-10,14-17,19,24,26H,3-6,8,11-13,18,20H2,1-2H3,(H,30,33)/t26-/m0/s1. The lowest BCUT2D eigenvalue weighted by molar-refractivity contribution is -0.142. The molecule has 6 heteroatoms. The average molecular weight is 485 g/mol. The summed E-state index contributed by atoms with van der Waals surface area (Å²) in [7, 11) is 0. The number of ether oxygens (including phenoxy) is 1. The van der Waals surface area contributed by atoms with Crippen LogP contribution in [-0.4, -0.2) is 35.4 Å². The van der Waals surface area contributed by atoms with Gasteiger partial charge in [0, 0.05) is 24.0 Å². The molecule has 1 N–H and O–H groups in total. The first-order valence-corrected chi connectivity index (χ1v) is 12.9. The predicted octanol–water partition coefficient (Wildman–Crippen LogP) is 6.06. The molecular weight excluding hydrogens is 448 g/mol. The molecular formula is C28H37ClN2O3. The molecule has 0 radical (unpaired) electrons. The monoisotopic (exact) mass is 484 g/mol. The van der Waals surface area contributed by atoms with Gasteiger partial charge in [0.1, 0.15) is 11.8 Å². The van der Waals surface area contributed by atoms with Gasteiger partial charge in [-0.25, -0.2) is 0 Å². The van der Waals surface area contributed by atoms with Crippen molar-refractivity contribution in [1.29, 1.82) is 0 Å². The fraction of sp³-hybridized carbons (Fsp3) is 0.500. The van der Waals surface area contributed by atoms with Gasteiger partial charge in [-0.3, -0.25) is 9.59 Å². The zero-order valence-corrected chi connectivity index (χ0v) is 21.2. The summed E-state index contributed by atoms with van der Waals surface area (Å²) < 4.78 is 5.75. The molecule has 0 unspecified atom stereocenters. The van der Waals surface area contributed by atoms with Crippen molar-refractivity contribution in [3.8, 4) is 5.75 Å². The summed E-state index contributed by atoms with van der Waals surface area (Å²) in [4.78, 5) is 28.4. The third kappa shape index (κ3) is 8.05. The number of carbonyl (C=O) groups is 2. The Kier molecular flexibility index (Phi) is 10.3. The molecule has 34 heavy (non-hydrogen) atoms. The van der Waals surface area contributed by atoms with Crippen LogP contribution < -0.4 is 10.1 Å². The average Bonchev–Trinajstić information content (AvgIpc) is 2.83. The molecule has 1 fully saturated rings. The first kappa shape index (κ1) is 26.1. The predicted molar refractivity (Wildman–Crippen MR) is 137 cm³/mol. The summed E-state index contributed by atoms with van der Waals surface area (Å²) >= 11 is 5.92. The van der Waals surface area contributed by atoms with Gasteiger partial charge in [0.2, 0.25) is 11.8 Å². The number of hydrogen-bond acceptors (Lipinski definition) is 3. The molecule has 1 atom stereocenters. The number of nitrogens with one attached hydrogen (secondary N) is 1. The maximum atomic E-state index is 13.4. The lowest BCUT2D eigenvalue weighted by atomic mass is 9.95. The van der Waals surface area contributed by atoms with Crippen molar-refractivity contribution in [1.82, 2.24) is 10.2 Å². The minimum Gasteiger partial charge on any atom is -0.494 e. The molecule has 1 saturated carbocycles. The highest BCUT2D eigenvalue weighted by Crippen LogP contribution is 2.20. The molecule has 0 spiro atoms. The van der Waals surface area contributed by atoms with E-state index in [9.17, 15) is 9.59 Å². The fourth-order valence-corrected chi connectivity index (χ4v) is 4.68. The highest BCUT2D eigenvalue weighted by Gasteiger charge is 2.30. The molecule has 2 aromatic carbocycles. The summed E-state index contributed by atoms with van der Waals surface area (Å²) in [6, 6.07) is 15.1. The largest absolute Gasteiger partial charge is 0.494 e. The Hall–Kier alpha value is -2.53. The molecule has 184 valence electrons. The SMILES string of the molecule is CC[C@@H](C(=O)NC1CCCCC1)N(Cc1cccc(C)c1)C(=O)CCCOc1ccc(Cl)cc1. The van der Waals surface area contributed by atoms with E-state index < -0.39 is 6.04 Å². The number of aryl methyl sites for hydroxylation is 1. The van der Waals surface area contributed by atoms with Crippen LogP contribution >= 0.6 is 11.6 Å². The molecule has 0 aliphatic heterocycles. The van der Waals surface area contributed by atoms with Crippen molar-refractivity contribution < 1.29 is 14.3 Å². The maximum Gasteiger partial charge on any atom is 0.243 e. The van der Waals surface area contributed by atoms with Crippen LogP contribution in [0.3, 0.4) is 0 Å². The number of nitrogens with zero attached hydrogens (tertiary/aromatic N) is 1. The summed E-state index contributed by atoms with van der Waals surface area (Å²) in [5, 5.41) is 3.89. The molecule has 0 bridgehead atoms. The number of carbonyl (C=O) groups excluding carboxylic acids is 2. The van der Waals surface area contributed by atoms with Crippen molar-refractivity contribution in [2.75, 3.05) is 6.61 Å². The number of benzene rings is 2. The van der Waals surface area contributed by atoms with Crippen molar-refractivity contribution in [2.45, 2.75) is 83.8 Å². The Morgan fingerprint density at radius 1 is 1.12 bits per heavy atom. The molecule has 5 nitrogen and oxygen atoms in total. The van der Waals surface area contributed by atoms with Gasteiger partial charge in [0.15, 0.2) is 0 Å². The van der Waals surface area contributed by atoms with E-state index in [0.717, 1.165) is 42.6 Å². The van der Waals surface area contributed by atoms with Crippen LogP contribution in [0.15, 0.2) is 48.5 Å². The normalized spacial score (nSPS) is 14.9. The van der Waals surface area contributed by atoms with E-state index in [4.69, 9.17) is 16.3 Å². The summed E-state index contributed by atoms with van der Waals surface area (Å²) in [5.41, 5.74) is 2.18. The number of rotatable bonds is 11. The third-order valence-electron chi connectivity index (χ3n) is 6.39.